The number of H-pyrrole nitrogens is 1. The molecule has 0 saturated heterocycles. The minimum absolute atomic E-state index is 0.131. The Labute approximate surface area is 206 Å². The molecule has 0 spiro atoms. The molecule has 192 valence electrons. The fraction of sp³-hybridized carbons (Fsp3) is 0.423. The maximum Gasteiger partial charge on any atom is 0.417 e. The van der Waals surface area contributed by atoms with E-state index in [4.69, 9.17) is 4.74 Å². The van der Waals surface area contributed by atoms with Crippen molar-refractivity contribution in [1.29, 1.82) is 0 Å². The number of benzene rings is 2. The number of nitrogens with zero attached hydrogens (tertiary/aromatic N) is 1. The van der Waals surface area contributed by atoms with E-state index in [-0.39, 0.29) is 17.4 Å². The van der Waals surface area contributed by atoms with E-state index in [1.165, 1.54) is 62.7 Å². The lowest BCUT2D eigenvalue weighted by Crippen LogP contribution is -2.34. The number of nitrogens with one attached hydrogen (secondary N) is 3. The van der Waals surface area contributed by atoms with Crippen molar-refractivity contribution in [3.05, 3.63) is 59.4 Å². The number of fused-ring (bicyclic) bond motifs is 1. The molecule has 1 fully saturated rings. The maximum atomic E-state index is 13.4. The maximum absolute atomic E-state index is 13.4. The highest BCUT2D eigenvalue weighted by molar-refractivity contribution is 6.10. The van der Waals surface area contributed by atoms with Gasteiger partial charge in [0.15, 0.2) is 0 Å². The van der Waals surface area contributed by atoms with Crippen molar-refractivity contribution >= 4 is 28.5 Å². The SMILES string of the molecule is COC(CNC(=O)c1cc(NC(=O)c2ccccc2C(F)(F)F)cc2[nH]cnc12)CC1CCCCC1. The van der Waals surface area contributed by atoms with Gasteiger partial charge in [-0.1, -0.05) is 44.2 Å². The van der Waals surface area contributed by atoms with Gasteiger partial charge >= 0.3 is 6.18 Å². The van der Waals surface area contributed by atoms with Crippen LogP contribution in [0, 0.1) is 5.92 Å². The van der Waals surface area contributed by atoms with Gasteiger partial charge in [0.2, 0.25) is 0 Å². The van der Waals surface area contributed by atoms with E-state index in [0.717, 1.165) is 18.6 Å². The second-order valence-corrected chi connectivity index (χ2v) is 9.13. The van der Waals surface area contributed by atoms with E-state index in [9.17, 15) is 22.8 Å². The largest absolute Gasteiger partial charge is 0.417 e. The van der Waals surface area contributed by atoms with Crippen molar-refractivity contribution in [1.82, 2.24) is 15.3 Å². The van der Waals surface area contributed by atoms with Crippen LogP contribution < -0.4 is 10.6 Å². The number of anilines is 1. The predicted molar refractivity (Wildman–Crippen MR) is 130 cm³/mol. The molecule has 1 heterocycles. The highest BCUT2D eigenvalue weighted by Gasteiger charge is 2.35. The zero-order valence-electron chi connectivity index (χ0n) is 20.0. The third-order valence-corrected chi connectivity index (χ3v) is 6.65. The van der Waals surface area contributed by atoms with E-state index < -0.39 is 29.1 Å². The van der Waals surface area contributed by atoms with Gasteiger partial charge in [-0.15, -0.1) is 0 Å². The topological polar surface area (TPSA) is 96.1 Å². The summed E-state index contributed by atoms with van der Waals surface area (Å²) in [5.74, 6) is -0.763. The van der Waals surface area contributed by atoms with Crippen LogP contribution in [0.3, 0.4) is 0 Å². The number of halogens is 3. The van der Waals surface area contributed by atoms with Gasteiger partial charge in [-0.2, -0.15) is 13.2 Å². The summed E-state index contributed by atoms with van der Waals surface area (Å²) < 4.78 is 45.7. The highest BCUT2D eigenvalue weighted by atomic mass is 19.4. The number of hydrogen-bond donors (Lipinski definition) is 3. The van der Waals surface area contributed by atoms with E-state index in [0.29, 0.717) is 23.5 Å². The van der Waals surface area contributed by atoms with E-state index in [1.54, 1.807) is 7.11 Å². The zero-order chi connectivity index (χ0) is 25.7. The van der Waals surface area contributed by atoms with Gasteiger partial charge in [0.1, 0.15) is 5.52 Å². The van der Waals surface area contributed by atoms with Crippen LogP contribution in [-0.2, 0) is 10.9 Å². The van der Waals surface area contributed by atoms with Crippen molar-refractivity contribution in [3.63, 3.8) is 0 Å². The van der Waals surface area contributed by atoms with Crippen molar-refractivity contribution in [2.45, 2.75) is 50.8 Å². The van der Waals surface area contributed by atoms with Gasteiger partial charge in [0.25, 0.3) is 11.8 Å². The molecular formula is C26H29F3N4O3. The molecule has 10 heteroatoms. The van der Waals surface area contributed by atoms with Crippen LogP contribution in [0.1, 0.15) is 64.8 Å². The molecule has 2 aromatic carbocycles. The van der Waals surface area contributed by atoms with E-state index in [1.807, 2.05) is 0 Å². The minimum atomic E-state index is -4.68. The van der Waals surface area contributed by atoms with Crippen LogP contribution in [0.2, 0.25) is 0 Å². The third-order valence-electron chi connectivity index (χ3n) is 6.65. The molecule has 3 N–H and O–H groups in total. The van der Waals surface area contributed by atoms with Crippen LogP contribution in [-0.4, -0.2) is 41.5 Å². The summed E-state index contributed by atoms with van der Waals surface area (Å²) in [5.41, 5.74) is -0.321. The summed E-state index contributed by atoms with van der Waals surface area (Å²) in [7, 11) is 1.63. The number of aromatic amines is 1. The number of alkyl halides is 3. The molecule has 3 aromatic rings. The third kappa shape index (κ3) is 6.04. The first kappa shape index (κ1) is 25.7. The van der Waals surface area contributed by atoms with Gasteiger partial charge in [-0.25, -0.2) is 4.98 Å². The monoisotopic (exact) mass is 502 g/mol. The van der Waals surface area contributed by atoms with E-state index >= 15 is 0 Å². The van der Waals surface area contributed by atoms with Gasteiger partial charge in [0, 0.05) is 19.3 Å². The average molecular weight is 503 g/mol. The molecule has 0 bridgehead atoms. The summed E-state index contributed by atoms with van der Waals surface area (Å²) in [6, 6.07) is 7.48. The molecule has 4 rings (SSSR count). The number of aromatic nitrogens is 2. The first-order valence-electron chi connectivity index (χ1n) is 12.0. The summed E-state index contributed by atoms with van der Waals surface area (Å²) in [6.07, 6.45) is 3.50. The van der Waals surface area contributed by atoms with Gasteiger partial charge in [-0.05, 0) is 36.6 Å². The molecule has 0 radical (unpaired) electrons. The molecule has 2 amide bonds. The molecule has 1 saturated carbocycles. The Morgan fingerprint density at radius 2 is 1.86 bits per heavy atom. The Morgan fingerprint density at radius 1 is 1.11 bits per heavy atom. The number of methoxy groups -OCH3 is 1. The fourth-order valence-electron chi connectivity index (χ4n) is 4.78. The number of amides is 2. The van der Waals surface area contributed by atoms with Crippen molar-refractivity contribution in [2.75, 3.05) is 19.0 Å². The van der Waals surface area contributed by atoms with Crippen LogP contribution in [0.4, 0.5) is 18.9 Å². The normalized spacial score (nSPS) is 15.6. The smallest absolute Gasteiger partial charge is 0.380 e. The van der Waals surface area contributed by atoms with Crippen molar-refractivity contribution in [2.24, 2.45) is 5.92 Å². The standard InChI is InChI=1S/C26H29F3N4O3/c1-36-18(11-16-7-3-2-4-8-16)14-30-24(34)20-12-17(13-22-23(20)32-15-31-22)33-25(35)19-9-5-6-10-21(19)26(27,28)29/h5-6,9-10,12-13,15-16,18H,2-4,7-8,11,14H2,1H3,(H,30,34)(H,31,32)(H,33,35). The Balaban J connectivity index is 1.50. The number of carbonyl (C=O) groups excluding carboxylic acids is 2. The van der Waals surface area contributed by atoms with Crippen LogP contribution in [0.15, 0.2) is 42.7 Å². The second kappa shape index (κ2) is 11.1. The molecule has 7 nitrogen and oxygen atoms in total. The number of carbonyl (C=O) groups is 2. The Hall–Kier alpha value is -3.40. The minimum Gasteiger partial charge on any atom is -0.380 e. The Bertz CT molecular complexity index is 1220. The molecular weight excluding hydrogens is 473 g/mol. The Kier molecular flexibility index (Phi) is 7.93. The molecule has 1 aromatic heterocycles. The summed E-state index contributed by atoms with van der Waals surface area (Å²) in [5, 5.41) is 5.37. The fourth-order valence-corrected chi connectivity index (χ4v) is 4.78. The molecule has 0 aliphatic heterocycles. The first-order chi connectivity index (χ1) is 17.3. The number of hydrogen-bond acceptors (Lipinski definition) is 4. The summed E-state index contributed by atoms with van der Waals surface area (Å²) in [4.78, 5) is 32.9. The first-order valence-corrected chi connectivity index (χ1v) is 12.0. The quantitative estimate of drug-likeness (QED) is 0.376. The molecule has 1 aliphatic carbocycles. The number of rotatable bonds is 8. The van der Waals surface area contributed by atoms with Crippen molar-refractivity contribution in [3.8, 4) is 0 Å². The van der Waals surface area contributed by atoms with Crippen LogP contribution in [0.5, 0.6) is 0 Å². The van der Waals surface area contributed by atoms with Gasteiger partial charge in [0.05, 0.1) is 34.6 Å². The van der Waals surface area contributed by atoms with Crippen molar-refractivity contribution < 1.29 is 27.5 Å². The second-order valence-electron chi connectivity index (χ2n) is 9.13. The zero-order valence-corrected chi connectivity index (χ0v) is 20.0. The molecule has 1 atom stereocenters. The average Bonchev–Trinajstić information content (AvgIpc) is 3.34. The lowest BCUT2D eigenvalue weighted by atomic mass is 9.85. The summed E-state index contributed by atoms with van der Waals surface area (Å²) >= 11 is 0. The Morgan fingerprint density at radius 3 is 2.58 bits per heavy atom. The number of imidazole rings is 1. The lowest BCUT2D eigenvalue weighted by molar-refractivity contribution is -0.137. The number of ether oxygens (including phenoxy) is 1. The van der Waals surface area contributed by atoms with E-state index in [2.05, 4.69) is 20.6 Å². The molecule has 1 unspecified atom stereocenters. The van der Waals surface area contributed by atoms with Gasteiger partial charge in [-0.3, -0.25) is 9.59 Å². The molecule has 1 aliphatic rings. The van der Waals surface area contributed by atoms with Crippen LogP contribution >= 0.6 is 0 Å². The lowest BCUT2D eigenvalue weighted by Gasteiger charge is -2.26. The predicted octanol–water partition coefficient (Wildman–Crippen LogP) is 5.55. The summed E-state index contributed by atoms with van der Waals surface area (Å²) in [6.45, 7) is 0.313. The van der Waals surface area contributed by atoms with Gasteiger partial charge < -0.3 is 20.4 Å². The highest BCUT2D eigenvalue weighted by Crippen LogP contribution is 2.32. The van der Waals surface area contributed by atoms with Crippen LogP contribution in [0.25, 0.3) is 11.0 Å². The molecule has 36 heavy (non-hydrogen) atoms.